The molecule has 140 valence electrons. The monoisotopic (exact) mass is 349 g/mol. The van der Waals surface area contributed by atoms with Gasteiger partial charge >= 0.3 is 0 Å². The molecule has 0 saturated carbocycles. The quantitative estimate of drug-likeness (QED) is 0.725. The summed E-state index contributed by atoms with van der Waals surface area (Å²) < 4.78 is 4.96. The molecule has 2 heterocycles. The lowest BCUT2D eigenvalue weighted by Crippen LogP contribution is -2.44. The Balaban J connectivity index is 1.67. The van der Waals surface area contributed by atoms with Crippen LogP contribution in [0.15, 0.2) is 24.4 Å². The van der Waals surface area contributed by atoms with Crippen molar-refractivity contribution in [1.29, 1.82) is 0 Å². The van der Waals surface area contributed by atoms with Crippen LogP contribution in [0.5, 0.6) is 0 Å². The number of piperidine rings is 1. The minimum Gasteiger partial charge on any atom is -0.392 e. The van der Waals surface area contributed by atoms with E-state index in [0.29, 0.717) is 19.6 Å². The number of methoxy groups -OCH3 is 1. The Bertz CT molecular complexity index is 504. The van der Waals surface area contributed by atoms with Gasteiger partial charge in [0.15, 0.2) is 0 Å². The molecule has 1 saturated heterocycles. The van der Waals surface area contributed by atoms with Gasteiger partial charge in [0.25, 0.3) is 0 Å². The first kappa shape index (κ1) is 19.8. The van der Waals surface area contributed by atoms with Crippen molar-refractivity contribution in [1.82, 2.24) is 14.8 Å². The smallest absolute Gasteiger partial charge is 0.224 e. The van der Waals surface area contributed by atoms with E-state index >= 15 is 0 Å². The largest absolute Gasteiger partial charge is 0.392 e. The van der Waals surface area contributed by atoms with Crippen LogP contribution in [0.2, 0.25) is 0 Å². The third-order valence-electron chi connectivity index (χ3n) is 4.93. The number of likely N-dealkylation sites (N-methyl/N-ethyl adjacent to an activating group) is 1. The summed E-state index contributed by atoms with van der Waals surface area (Å²) in [6.07, 6.45) is 4.54. The zero-order chi connectivity index (χ0) is 18.1. The van der Waals surface area contributed by atoms with E-state index in [9.17, 15) is 9.90 Å². The molecule has 6 heteroatoms. The highest BCUT2D eigenvalue weighted by Gasteiger charge is 2.27. The lowest BCUT2D eigenvalue weighted by atomic mass is 9.90. The van der Waals surface area contributed by atoms with Crippen LogP contribution in [-0.4, -0.2) is 78.8 Å². The van der Waals surface area contributed by atoms with Crippen LogP contribution in [0.25, 0.3) is 0 Å². The summed E-state index contributed by atoms with van der Waals surface area (Å²) in [5.74, 6) is 0.422. The lowest BCUT2D eigenvalue weighted by Gasteiger charge is -2.35. The molecule has 2 rings (SSSR count). The van der Waals surface area contributed by atoms with Crippen LogP contribution in [0, 0.1) is 5.92 Å². The van der Waals surface area contributed by atoms with Gasteiger partial charge in [0.2, 0.25) is 5.91 Å². The highest BCUT2D eigenvalue weighted by atomic mass is 16.5. The van der Waals surface area contributed by atoms with Gasteiger partial charge in [-0.1, -0.05) is 6.07 Å². The SMILES string of the molecule is COCCC(=O)N1CCC(C(O)CN(C)CCc2ccccn2)CC1. The number of aliphatic hydroxyl groups is 1. The van der Waals surface area contributed by atoms with Crippen LogP contribution in [-0.2, 0) is 16.0 Å². The summed E-state index contributed by atoms with van der Waals surface area (Å²) in [6.45, 7) is 3.49. The maximum absolute atomic E-state index is 12.0. The Labute approximate surface area is 150 Å². The van der Waals surface area contributed by atoms with Gasteiger partial charge in [-0.05, 0) is 37.9 Å². The molecule has 0 bridgehead atoms. The molecule has 6 nitrogen and oxygen atoms in total. The summed E-state index contributed by atoms with van der Waals surface area (Å²) in [5.41, 5.74) is 1.08. The number of nitrogens with zero attached hydrogens (tertiary/aromatic N) is 3. The van der Waals surface area contributed by atoms with Gasteiger partial charge in [0.1, 0.15) is 0 Å². The molecule has 1 fully saturated rings. The molecule has 1 atom stereocenters. The van der Waals surface area contributed by atoms with Crippen molar-refractivity contribution >= 4 is 5.91 Å². The number of ether oxygens (including phenoxy) is 1. The molecule has 0 aromatic carbocycles. The van der Waals surface area contributed by atoms with E-state index in [2.05, 4.69) is 9.88 Å². The third-order valence-corrected chi connectivity index (χ3v) is 4.93. The number of pyridine rings is 1. The van der Waals surface area contributed by atoms with Crippen LogP contribution < -0.4 is 0 Å². The fourth-order valence-electron chi connectivity index (χ4n) is 3.29. The number of likely N-dealkylation sites (tertiary alicyclic amines) is 1. The predicted octanol–water partition coefficient (Wildman–Crippen LogP) is 1.19. The molecular formula is C19H31N3O3. The van der Waals surface area contributed by atoms with E-state index < -0.39 is 0 Å². The molecule has 1 aromatic heterocycles. The predicted molar refractivity (Wildman–Crippen MR) is 97.2 cm³/mol. The fraction of sp³-hybridized carbons (Fsp3) is 0.684. The number of carbonyl (C=O) groups is 1. The minimum atomic E-state index is -0.343. The van der Waals surface area contributed by atoms with E-state index in [1.165, 1.54) is 0 Å². The topological polar surface area (TPSA) is 65.9 Å². The Morgan fingerprint density at radius 2 is 2.20 bits per heavy atom. The van der Waals surface area contributed by atoms with E-state index in [1.54, 1.807) is 7.11 Å². The van der Waals surface area contributed by atoms with E-state index in [-0.39, 0.29) is 17.9 Å². The Morgan fingerprint density at radius 3 is 2.84 bits per heavy atom. The number of hydrogen-bond acceptors (Lipinski definition) is 5. The van der Waals surface area contributed by atoms with Gasteiger partial charge in [-0.3, -0.25) is 9.78 Å². The first-order valence-corrected chi connectivity index (χ1v) is 9.13. The molecule has 25 heavy (non-hydrogen) atoms. The molecule has 0 radical (unpaired) electrons. The zero-order valence-corrected chi connectivity index (χ0v) is 15.4. The van der Waals surface area contributed by atoms with Crippen molar-refractivity contribution in [2.45, 2.75) is 31.8 Å². The summed E-state index contributed by atoms with van der Waals surface area (Å²) >= 11 is 0. The first-order chi connectivity index (χ1) is 12.1. The fourth-order valence-corrected chi connectivity index (χ4v) is 3.29. The number of hydrogen-bond donors (Lipinski definition) is 1. The lowest BCUT2D eigenvalue weighted by molar-refractivity contribution is -0.134. The molecule has 1 aromatic rings. The van der Waals surface area contributed by atoms with Crippen molar-refractivity contribution in [2.24, 2.45) is 5.92 Å². The third kappa shape index (κ3) is 6.72. The van der Waals surface area contributed by atoms with Crippen molar-refractivity contribution in [2.75, 3.05) is 46.9 Å². The van der Waals surface area contributed by atoms with Crippen molar-refractivity contribution in [3.8, 4) is 0 Å². The Morgan fingerprint density at radius 1 is 1.44 bits per heavy atom. The summed E-state index contributed by atoms with van der Waals surface area (Å²) in [6, 6.07) is 5.95. The van der Waals surface area contributed by atoms with Crippen molar-refractivity contribution < 1.29 is 14.6 Å². The van der Waals surface area contributed by atoms with Crippen molar-refractivity contribution in [3.05, 3.63) is 30.1 Å². The maximum atomic E-state index is 12.0. The van der Waals surface area contributed by atoms with Crippen LogP contribution in [0.1, 0.15) is 25.0 Å². The second kappa shape index (κ2) is 10.5. The normalized spacial score (nSPS) is 17.0. The van der Waals surface area contributed by atoms with Gasteiger partial charge < -0.3 is 19.6 Å². The second-order valence-corrected chi connectivity index (χ2v) is 6.86. The van der Waals surface area contributed by atoms with E-state index in [0.717, 1.165) is 44.6 Å². The minimum absolute atomic E-state index is 0.155. The Hall–Kier alpha value is -1.50. The van der Waals surface area contributed by atoms with Gasteiger partial charge in [0.05, 0.1) is 19.1 Å². The second-order valence-electron chi connectivity index (χ2n) is 6.86. The van der Waals surface area contributed by atoms with E-state index in [4.69, 9.17) is 4.74 Å². The van der Waals surface area contributed by atoms with Crippen LogP contribution in [0.4, 0.5) is 0 Å². The van der Waals surface area contributed by atoms with Crippen LogP contribution >= 0.6 is 0 Å². The number of aromatic nitrogens is 1. The van der Waals surface area contributed by atoms with Crippen LogP contribution in [0.3, 0.4) is 0 Å². The van der Waals surface area contributed by atoms with Gasteiger partial charge in [-0.15, -0.1) is 0 Å². The summed E-state index contributed by atoms with van der Waals surface area (Å²) in [7, 11) is 3.65. The average Bonchev–Trinajstić information content (AvgIpc) is 2.65. The number of amides is 1. The number of carbonyl (C=O) groups excluding carboxylic acids is 1. The summed E-state index contributed by atoms with van der Waals surface area (Å²) in [5, 5.41) is 10.5. The van der Waals surface area contributed by atoms with Gasteiger partial charge in [-0.2, -0.15) is 0 Å². The highest BCUT2D eigenvalue weighted by Crippen LogP contribution is 2.21. The molecule has 1 aliphatic heterocycles. The van der Waals surface area contributed by atoms with E-state index in [1.807, 2.05) is 36.3 Å². The van der Waals surface area contributed by atoms with Gasteiger partial charge in [-0.25, -0.2) is 0 Å². The molecule has 1 N–H and O–H groups in total. The molecule has 1 aliphatic rings. The van der Waals surface area contributed by atoms with Crippen molar-refractivity contribution in [3.63, 3.8) is 0 Å². The molecule has 0 aliphatic carbocycles. The number of aliphatic hydroxyl groups excluding tert-OH is 1. The van der Waals surface area contributed by atoms with Gasteiger partial charge in [0, 0.05) is 51.6 Å². The first-order valence-electron chi connectivity index (χ1n) is 9.13. The standard InChI is InChI=1S/C19H31N3O3/c1-21(11-8-17-5-3-4-10-20-17)15-18(23)16-6-12-22(13-7-16)19(24)9-14-25-2/h3-5,10,16,18,23H,6-9,11-15H2,1-2H3. The number of rotatable bonds is 9. The molecule has 0 spiro atoms. The maximum Gasteiger partial charge on any atom is 0.224 e. The highest BCUT2D eigenvalue weighted by molar-refractivity contribution is 5.76. The Kier molecular flexibility index (Phi) is 8.31. The zero-order valence-electron chi connectivity index (χ0n) is 15.4. The molecular weight excluding hydrogens is 318 g/mol. The molecule has 1 amide bonds. The molecule has 1 unspecified atom stereocenters. The summed E-state index contributed by atoms with van der Waals surface area (Å²) in [4.78, 5) is 20.4. The average molecular weight is 349 g/mol.